The summed E-state index contributed by atoms with van der Waals surface area (Å²) in [5.41, 5.74) is 7.45. The molecular formula is C17H21I2N3O3. The zero-order valence-corrected chi connectivity index (χ0v) is 18.4. The molecule has 0 unspecified atom stereocenters. The lowest BCUT2D eigenvalue weighted by molar-refractivity contribution is 0.0984. The lowest BCUT2D eigenvalue weighted by atomic mass is 9.91. The highest BCUT2D eigenvalue weighted by Gasteiger charge is 2.37. The quantitative estimate of drug-likeness (QED) is 0.323. The Morgan fingerprint density at radius 3 is 2.76 bits per heavy atom. The molecule has 3 rings (SSSR count). The Bertz CT molecular complexity index is 683. The molecule has 1 fully saturated rings. The van der Waals surface area contributed by atoms with Crippen LogP contribution in [0.2, 0.25) is 0 Å². The van der Waals surface area contributed by atoms with Crippen molar-refractivity contribution in [2.24, 2.45) is 11.8 Å². The molecule has 1 amide bonds. The second-order valence-corrected chi connectivity index (χ2v) is 8.92. The molecule has 0 saturated carbocycles. The van der Waals surface area contributed by atoms with E-state index in [0.29, 0.717) is 19.1 Å². The number of carbonyl (C=O) groups is 1. The van der Waals surface area contributed by atoms with Gasteiger partial charge in [0.2, 0.25) is 0 Å². The predicted molar refractivity (Wildman–Crippen MR) is 112 cm³/mol. The first-order valence-corrected chi connectivity index (χ1v) is 10.3. The van der Waals surface area contributed by atoms with Gasteiger partial charge in [-0.25, -0.2) is 15.2 Å². The van der Waals surface area contributed by atoms with Gasteiger partial charge in [-0.1, -0.05) is 19.9 Å². The van der Waals surface area contributed by atoms with E-state index in [4.69, 9.17) is 9.47 Å². The van der Waals surface area contributed by atoms with Gasteiger partial charge in [-0.05, 0) is 63.2 Å². The Morgan fingerprint density at radius 2 is 2.08 bits per heavy atom. The second kappa shape index (κ2) is 7.97. The maximum absolute atomic E-state index is 12.0. The molecular weight excluding hydrogens is 548 g/mol. The van der Waals surface area contributed by atoms with Crippen LogP contribution in [0.5, 0.6) is 5.75 Å². The molecule has 0 radical (unpaired) electrons. The molecule has 1 aromatic carbocycles. The summed E-state index contributed by atoms with van der Waals surface area (Å²) in [6, 6.07) is 4.14. The third-order valence-electron chi connectivity index (χ3n) is 4.54. The summed E-state index contributed by atoms with van der Waals surface area (Å²) in [5.74, 6) is 1.27. The number of fused-ring (bicyclic) bond motifs is 1. The highest BCUT2D eigenvalue weighted by Crippen LogP contribution is 2.39. The molecule has 2 aliphatic heterocycles. The van der Waals surface area contributed by atoms with Crippen molar-refractivity contribution in [3.05, 3.63) is 37.5 Å². The third kappa shape index (κ3) is 3.91. The summed E-state index contributed by atoms with van der Waals surface area (Å²) in [6.07, 6.45) is 1.53. The Kier molecular flexibility index (Phi) is 6.11. The first-order chi connectivity index (χ1) is 11.9. The number of halogens is 2. The van der Waals surface area contributed by atoms with E-state index in [1.807, 2.05) is 6.08 Å². The van der Waals surface area contributed by atoms with Gasteiger partial charge >= 0.3 is 6.09 Å². The first-order valence-electron chi connectivity index (χ1n) is 8.13. The Morgan fingerprint density at radius 1 is 1.32 bits per heavy atom. The summed E-state index contributed by atoms with van der Waals surface area (Å²) in [5, 5.41) is 1.54. The average molecular weight is 569 g/mol. The van der Waals surface area contributed by atoms with Crippen molar-refractivity contribution in [1.82, 2.24) is 16.0 Å². The first kappa shape index (κ1) is 19.2. The van der Waals surface area contributed by atoms with Crippen molar-refractivity contribution in [3.63, 3.8) is 0 Å². The summed E-state index contributed by atoms with van der Waals surface area (Å²) < 4.78 is 13.3. The van der Waals surface area contributed by atoms with Gasteiger partial charge < -0.3 is 9.47 Å². The molecule has 2 heterocycles. The standard InChI is InChI=1S/C17H21I2N3O3/c1-4-10-7-24-16-12(5-11(18)6-13(16)19)15(10)20-21-22-14(9(2)3)8-25-17(22)23/h4-6,9-10,14-15,20-21H,1,7-8H2,2-3H3/t10-,14+,15-/m0/s1. The van der Waals surface area contributed by atoms with Crippen LogP contribution in [0.1, 0.15) is 25.5 Å². The lowest BCUT2D eigenvalue weighted by Crippen LogP contribution is -2.55. The third-order valence-corrected chi connectivity index (χ3v) is 5.96. The fraction of sp³-hybridized carbons (Fsp3) is 0.471. The van der Waals surface area contributed by atoms with Gasteiger partial charge in [0.15, 0.2) is 0 Å². The molecule has 1 saturated heterocycles. The van der Waals surface area contributed by atoms with E-state index in [1.165, 1.54) is 0 Å². The van der Waals surface area contributed by atoms with Crippen LogP contribution in [0.25, 0.3) is 0 Å². The van der Waals surface area contributed by atoms with E-state index < -0.39 is 0 Å². The molecule has 3 atom stereocenters. The summed E-state index contributed by atoms with van der Waals surface area (Å²) in [7, 11) is 0. The minimum absolute atomic E-state index is 0.00228. The number of carbonyl (C=O) groups excluding carboxylic acids is 1. The van der Waals surface area contributed by atoms with Crippen LogP contribution in [0, 0.1) is 19.0 Å². The number of hydrogen-bond acceptors (Lipinski definition) is 5. The topological polar surface area (TPSA) is 62.8 Å². The maximum atomic E-state index is 12.0. The van der Waals surface area contributed by atoms with E-state index in [1.54, 1.807) is 5.01 Å². The van der Waals surface area contributed by atoms with Crippen LogP contribution in [0.3, 0.4) is 0 Å². The van der Waals surface area contributed by atoms with E-state index in [-0.39, 0.29) is 24.1 Å². The molecule has 0 bridgehead atoms. The zero-order valence-electron chi connectivity index (χ0n) is 14.1. The number of nitrogens with one attached hydrogen (secondary N) is 2. The molecule has 2 aliphatic rings. The summed E-state index contributed by atoms with van der Waals surface area (Å²) >= 11 is 4.59. The minimum Gasteiger partial charge on any atom is -0.491 e. The van der Waals surface area contributed by atoms with Gasteiger partial charge in [0.05, 0.1) is 22.3 Å². The van der Waals surface area contributed by atoms with Crippen molar-refractivity contribution in [2.75, 3.05) is 13.2 Å². The van der Waals surface area contributed by atoms with E-state index >= 15 is 0 Å². The molecule has 8 heteroatoms. The maximum Gasteiger partial charge on any atom is 0.425 e. The van der Waals surface area contributed by atoms with Crippen LogP contribution in [-0.4, -0.2) is 30.4 Å². The summed E-state index contributed by atoms with van der Waals surface area (Å²) in [6.45, 7) is 9.02. The molecule has 2 N–H and O–H groups in total. The number of rotatable bonds is 5. The van der Waals surface area contributed by atoms with Crippen LogP contribution in [0.15, 0.2) is 24.8 Å². The van der Waals surface area contributed by atoms with E-state index in [9.17, 15) is 4.79 Å². The largest absolute Gasteiger partial charge is 0.491 e. The Balaban J connectivity index is 1.83. The molecule has 1 aromatic rings. The fourth-order valence-electron chi connectivity index (χ4n) is 3.05. The number of benzene rings is 1. The fourth-order valence-corrected chi connectivity index (χ4v) is 5.10. The number of hydrogen-bond donors (Lipinski definition) is 2. The highest BCUT2D eigenvalue weighted by atomic mass is 127. The average Bonchev–Trinajstić information content (AvgIpc) is 2.93. The smallest absolute Gasteiger partial charge is 0.425 e. The highest BCUT2D eigenvalue weighted by molar-refractivity contribution is 14.1. The van der Waals surface area contributed by atoms with Gasteiger partial charge in [0.25, 0.3) is 0 Å². The second-order valence-electron chi connectivity index (χ2n) is 6.51. The number of nitrogens with zero attached hydrogens (tertiary/aromatic N) is 1. The van der Waals surface area contributed by atoms with Crippen LogP contribution >= 0.6 is 45.2 Å². The molecule has 6 nitrogen and oxygen atoms in total. The van der Waals surface area contributed by atoms with Gasteiger partial charge in [-0.3, -0.25) is 0 Å². The SMILES string of the molecule is C=C[C@H]1COc2c(I)cc(I)cc2[C@H]1NNN1C(=O)OC[C@@H]1C(C)C. The van der Waals surface area contributed by atoms with Crippen molar-refractivity contribution < 1.29 is 14.3 Å². The van der Waals surface area contributed by atoms with Crippen LogP contribution < -0.4 is 15.7 Å². The van der Waals surface area contributed by atoms with Gasteiger partial charge in [-0.2, -0.15) is 5.53 Å². The monoisotopic (exact) mass is 569 g/mol. The molecule has 0 spiro atoms. The molecule has 136 valence electrons. The normalized spacial score (nSPS) is 25.6. The van der Waals surface area contributed by atoms with E-state index in [0.717, 1.165) is 18.5 Å². The predicted octanol–water partition coefficient (Wildman–Crippen LogP) is 3.62. The molecule has 0 aromatic heterocycles. The van der Waals surface area contributed by atoms with Crippen molar-refractivity contribution in [1.29, 1.82) is 0 Å². The van der Waals surface area contributed by atoms with Crippen molar-refractivity contribution >= 4 is 51.3 Å². The molecule has 25 heavy (non-hydrogen) atoms. The van der Waals surface area contributed by atoms with Crippen molar-refractivity contribution in [2.45, 2.75) is 25.9 Å². The number of cyclic esters (lactones) is 1. The zero-order chi connectivity index (χ0) is 18.1. The van der Waals surface area contributed by atoms with Crippen molar-refractivity contribution in [3.8, 4) is 5.75 Å². The molecule has 0 aliphatic carbocycles. The van der Waals surface area contributed by atoms with Gasteiger partial charge in [0, 0.05) is 15.1 Å². The van der Waals surface area contributed by atoms with Crippen LogP contribution in [0.4, 0.5) is 4.79 Å². The number of ether oxygens (including phenoxy) is 2. The van der Waals surface area contributed by atoms with Crippen LogP contribution in [-0.2, 0) is 4.74 Å². The van der Waals surface area contributed by atoms with Gasteiger partial charge in [-0.15, -0.1) is 6.58 Å². The van der Waals surface area contributed by atoms with Gasteiger partial charge in [0.1, 0.15) is 12.4 Å². The Hall–Kier alpha value is -0.590. The van der Waals surface area contributed by atoms with E-state index in [2.05, 4.69) is 88.7 Å². The lowest BCUT2D eigenvalue weighted by Gasteiger charge is -2.35. The summed E-state index contributed by atoms with van der Waals surface area (Å²) in [4.78, 5) is 12.0. The number of amides is 1. The Labute approximate surface area is 174 Å². The minimum atomic E-state index is -0.356. The number of hydrazine groups is 2.